The first kappa shape index (κ1) is 11.8. The molecule has 0 unspecified atom stereocenters. The second-order valence-corrected chi connectivity index (χ2v) is 3.52. The van der Waals surface area contributed by atoms with Gasteiger partial charge in [0.1, 0.15) is 0 Å². The second kappa shape index (κ2) is 3.68. The molecule has 1 nitrogen and oxygen atoms in total. The zero-order valence-corrected chi connectivity index (χ0v) is 8.70. The molecule has 0 bridgehead atoms. The zero-order valence-electron chi connectivity index (χ0n) is 8.70. The van der Waals surface area contributed by atoms with Crippen LogP contribution in [0.25, 0.3) is 0 Å². The lowest BCUT2D eigenvalue weighted by Gasteiger charge is -2.13. The van der Waals surface area contributed by atoms with Crippen LogP contribution < -0.4 is 0 Å². The van der Waals surface area contributed by atoms with E-state index in [9.17, 15) is 18.0 Å². The number of carbonyl (C=O) groups excluding carboxylic acids is 1. The monoisotopic (exact) mass is 216 g/mol. The Morgan fingerprint density at radius 2 is 1.73 bits per heavy atom. The highest BCUT2D eigenvalue weighted by atomic mass is 19.4. The fraction of sp³-hybridized carbons (Fsp3) is 0.364. The molecule has 15 heavy (non-hydrogen) atoms. The number of rotatable bonds is 1. The maximum atomic E-state index is 12.6. The summed E-state index contributed by atoms with van der Waals surface area (Å²) in [6, 6.07) is 2.39. The Kier molecular flexibility index (Phi) is 2.88. The van der Waals surface area contributed by atoms with Gasteiger partial charge in [0.15, 0.2) is 5.78 Å². The fourth-order valence-corrected chi connectivity index (χ4v) is 1.36. The Labute approximate surface area is 85.9 Å². The summed E-state index contributed by atoms with van der Waals surface area (Å²) in [6.07, 6.45) is -4.40. The van der Waals surface area contributed by atoms with E-state index in [2.05, 4.69) is 0 Å². The first-order valence-electron chi connectivity index (χ1n) is 4.43. The summed E-state index contributed by atoms with van der Waals surface area (Å²) in [6.45, 7) is 4.23. The van der Waals surface area contributed by atoms with E-state index in [1.54, 1.807) is 6.92 Å². The Morgan fingerprint density at radius 1 is 1.20 bits per heavy atom. The molecule has 0 aliphatic rings. The number of halogens is 3. The largest absolute Gasteiger partial charge is 0.416 e. The van der Waals surface area contributed by atoms with Crippen LogP contribution in [0, 0.1) is 13.8 Å². The van der Waals surface area contributed by atoms with Crippen LogP contribution in [0.3, 0.4) is 0 Å². The highest BCUT2D eigenvalue weighted by molar-refractivity contribution is 5.94. The highest BCUT2D eigenvalue weighted by Gasteiger charge is 2.33. The predicted molar refractivity (Wildman–Crippen MR) is 50.9 cm³/mol. The van der Waals surface area contributed by atoms with Gasteiger partial charge in [0.25, 0.3) is 0 Å². The summed E-state index contributed by atoms with van der Waals surface area (Å²) in [5, 5.41) is 0. The van der Waals surface area contributed by atoms with Crippen LogP contribution in [0.1, 0.15) is 34.0 Å². The summed E-state index contributed by atoms with van der Waals surface area (Å²) in [5.74, 6) is -0.358. The van der Waals surface area contributed by atoms with Gasteiger partial charge in [-0.3, -0.25) is 4.79 Å². The Bertz CT molecular complexity index is 405. The van der Waals surface area contributed by atoms with Gasteiger partial charge in [-0.1, -0.05) is 0 Å². The number of benzene rings is 1. The van der Waals surface area contributed by atoms with Gasteiger partial charge in [-0.05, 0) is 44.0 Å². The summed E-state index contributed by atoms with van der Waals surface area (Å²) in [7, 11) is 0. The van der Waals surface area contributed by atoms with Crippen LogP contribution >= 0.6 is 0 Å². The number of hydrogen-bond acceptors (Lipinski definition) is 1. The van der Waals surface area contributed by atoms with E-state index in [1.165, 1.54) is 19.9 Å². The molecule has 0 aromatic heterocycles. The summed E-state index contributed by atoms with van der Waals surface area (Å²) in [4.78, 5) is 11.0. The lowest BCUT2D eigenvalue weighted by atomic mass is 9.98. The van der Waals surface area contributed by atoms with Gasteiger partial charge >= 0.3 is 6.18 Å². The molecular formula is C11H11F3O. The van der Waals surface area contributed by atoms with Crippen molar-refractivity contribution in [2.45, 2.75) is 26.9 Å². The van der Waals surface area contributed by atoms with Crippen LogP contribution in [0.15, 0.2) is 12.1 Å². The Morgan fingerprint density at radius 3 is 2.13 bits per heavy atom. The van der Waals surface area contributed by atoms with Gasteiger partial charge in [0.2, 0.25) is 0 Å². The molecule has 0 spiro atoms. The van der Waals surface area contributed by atoms with Crippen molar-refractivity contribution in [3.8, 4) is 0 Å². The Hall–Kier alpha value is -1.32. The summed E-state index contributed by atoms with van der Waals surface area (Å²) in [5.41, 5.74) is 0.0284. The van der Waals surface area contributed by atoms with Crippen molar-refractivity contribution in [2.75, 3.05) is 0 Å². The standard InChI is InChI=1S/C11H11F3O/c1-6-4-9(8(3)15)5-10(7(6)2)11(12,13)14/h4-5H,1-3H3. The van der Waals surface area contributed by atoms with Crippen molar-refractivity contribution < 1.29 is 18.0 Å². The van der Waals surface area contributed by atoms with E-state index in [-0.39, 0.29) is 16.9 Å². The number of hydrogen-bond donors (Lipinski definition) is 0. The van der Waals surface area contributed by atoms with Gasteiger partial charge in [0.05, 0.1) is 5.56 Å². The van der Waals surface area contributed by atoms with E-state index in [1.807, 2.05) is 0 Å². The lowest BCUT2D eigenvalue weighted by Crippen LogP contribution is -2.10. The van der Waals surface area contributed by atoms with Crippen molar-refractivity contribution in [1.82, 2.24) is 0 Å². The first-order chi connectivity index (χ1) is 6.73. The third-order valence-corrected chi connectivity index (χ3v) is 2.38. The number of ketones is 1. The number of carbonyl (C=O) groups is 1. The highest BCUT2D eigenvalue weighted by Crippen LogP contribution is 2.33. The van der Waals surface area contributed by atoms with Gasteiger partial charge in [-0.25, -0.2) is 0 Å². The summed E-state index contributed by atoms with van der Waals surface area (Å²) >= 11 is 0. The second-order valence-electron chi connectivity index (χ2n) is 3.52. The molecule has 4 heteroatoms. The molecule has 0 aliphatic heterocycles. The normalized spacial score (nSPS) is 11.6. The van der Waals surface area contributed by atoms with E-state index >= 15 is 0 Å². The molecule has 0 amide bonds. The minimum atomic E-state index is -4.40. The van der Waals surface area contributed by atoms with Crippen LogP contribution in [-0.2, 0) is 6.18 Å². The lowest BCUT2D eigenvalue weighted by molar-refractivity contribution is -0.138. The molecule has 0 N–H and O–H groups in total. The first-order valence-corrected chi connectivity index (χ1v) is 4.43. The quantitative estimate of drug-likeness (QED) is 0.656. The topological polar surface area (TPSA) is 17.1 Å². The molecule has 82 valence electrons. The average Bonchev–Trinajstić information content (AvgIpc) is 2.06. The number of aryl methyl sites for hydroxylation is 1. The predicted octanol–water partition coefficient (Wildman–Crippen LogP) is 3.52. The maximum Gasteiger partial charge on any atom is 0.416 e. The van der Waals surface area contributed by atoms with Crippen LogP contribution in [0.2, 0.25) is 0 Å². The van der Waals surface area contributed by atoms with E-state index in [0.717, 1.165) is 6.07 Å². The summed E-state index contributed by atoms with van der Waals surface area (Å²) < 4.78 is 37.7. The van der Waals surface area contributed by atoms with Gasteiger partial charge in [-0.2, -0.15) is 13.2 Å². The molecule has 1 aromatic carbocycles. The van der Waals surface area contributed by atoms with E-state index in [0.29, 0.717) is 5.56 Å². The minimum absolute atomic E-state index is 0.102. The number of alkyl halides is 3. The molecule has 0 atom stereocenters. The fourth-order valence-electron chi connectivity index (χ4n) is 1.36. The van der Waals surface area contributed by atoms with E-state index < -0.39 is 11.7 Å². The molecular weight excluding hydrogens is 205 g/mol. The molecule has 1 rings (SSSR count). The third kappa shape index (κ3) is 2.37. The third-order valence-electron chi connectivity index (χ3n) is 2.38. The SMILES string of the molecule is CC(=O)c1cc(C)c(C)c(C(F)(F)F)c1. The molecule has 0 aliphatic carbocycles. The molecule has 0 saturated heterocycles. The van der Waals surface area contributed by atoms with Crippen molar-refractivity contribution >= 4 is 5.78 Å². The van der Waals surface area contributed by atoms with Crippen molar-refractivity contribution in [3.63, 3.8) is 0 Å². The van der Waals surface area contributed by atoms with Crippen molar-refractivity contribution in [3.05, 3.63) is 34.4 Å². The van der Waals surface area contributed by atoms with Crippen LogP contribution in [0.5, 0.6) is 0 Å². The molecule has 0 radical (unpaired) electrons. The van der Waals surface area contributed by atoms with Gasteiger partial charge in [0, 0.05) is 5.56 Å². The average molecular weight is 216 g/mol. The zero-order chi connectivity index (χ0) is 11.8. The maximum absolute atomic E-state index is 12.6. The number of Topliss-reactive ketones (excluding diaryl/α,β-unsaturated/α-hetero) is 1. The van der Waals surface area contributed by atoms with Crippen molar-refractivity contribution in [2.24, 2.45) is 0 Å². The smallest absolute Gasteiger partial charge is 0.295 e. The van der Waals surface area contributed by atoms with Gasteiger partial charge in [-0.15, -0.1) is 0 Å². The molecule has 0 fully saturated rings. The minimum Gasteiger partial charge on any atom is -0.295 e. The molecule has 0 heterocycles. The van der Waals surface area contributed by atoms with Crippen molar-refractivity contribution in [1.29, 1.82) is 0 Å². The van der Waals surface area contributed by atoms with E-state index in [4.69, 9.17) is 0 Å². The van der Waals surface area contributed by atoms with Crippen LogP contribution in [-0.4, -0.2) is 5.78 Å². The van der Waals surface area contributed by atoms with Crippen LogP contribution in [0.4, 0.5) is 13.2 Å². The molecule has 0 saturated carbocycles. The van der Waals surface area contributed by atoms with Gasteiger partial charge < -0.3 is 0 Å². The Balaban J connectivity index is 3.45. The molecule has 1 aromatic rings.